The SMILES string of the molecule is CCNc1nc(Nc2ccc3c(c2)NC(=O)COC3(C)C)nc2ccoc12. The van der Waals surface area contributed by atoms with Crippen LogP contribution in [0.1, 0.15) is 26.3 Å². The van der Waals surface area contributed by atoms with Crippen LogP contribution in [0.4, 0.5) is 23.1 Å². The maximum absolute atomic E-state index is 11.9. The van der Waals surface area contributed by atoms with Gasteiger partial charge in [0.15, 0.2) is 11.4 Å². The second-order valence-electron chi connectivity index (χ2n) is 6.79. The molecule has 2 aromatic heterocycles. The zero-order valence-electron chi connectivity index (χ0n) is 15.4. The third-order valence-corrected chi connectivity index (χ3v) is 4.41. The molecule has 1 amide bonds. The summed E-state index contributed by atoms with van der Waals surface area (Å²) < 4.78 is 11.1. The number of aromatic nitrogens is 2. The molecular weight excluding hydrogens is 346 g/mol. The number of amides is 1. The molecule has 27 heavy (non-hydrogen) atoms. The molecule has 0 aliphatic carbocycles. The summed E-state index contributed by atoms with van der Waals surface area (Å²) in [5, 5.41) is 9.27. The predicted molar refractivity (Wildman–Crippen MR) is 103 cm³/mol. The van der Waals surface area contributed by atoms with Crippen molar-refractivity contribution in [1.29, 1.82) is 0 Å². The molecule has 0 saturated heterocycles. The quantitative estimate of drug-likeness (QED) is 0.647. The lowest BCUT2D eigenvalue weighted by atomic mass is 9.96. The fraction of sp³-hybridized carbons (Fsp3) is 0.316. The van der Waals surface area contributed by atoms with Crippen LogP contribution in [0, 0.1) is 0 Å². The average molecular weight is 367 g/mol. The van der Waals surface area contributed by atoms with Crippen LogP contribution in [0.3, 0.4) is 0 Å². The minimum absolute atomic E-state index is 0.0246. The smallest absolute Gasteiger partial charge is 0.250 e. The first-order chi connectivity index (χ1) is 13.0. The van der Waals surface area contributed by atoms with Gasteiger partial charge in [-0.25, -0.2) is 4.98 Å². The van der Waals surface area contributed by atoms with E-state index in [1.54, 1.807) is 12.3 Å². The third kappa shape index (κ3) is 3.31. The summed E-state index contributed by atoms with van der Waals surface area (Å²) in [6.45, 7) is 6.61. The Morgan fingerprint density at radius 1 is 1.26 bits per heavy atom. The number of hydrogen-bond acceptors (Lipinski definition) is 7. The molecule has 0 atom stereocenters. The van der Waals surface area contributed by atoms with Gasteiger partial charge in [0.25, 0.3) is 0 Å². The number of rotatable bonds is 4. The maximum Gasteiger partial charge on any atom is 0.250 e. The number of anilines is 4. The van der Waals surface area contributed by atoms with Crippen molar-refractivity contribution in [3.05, 3.63) is 36.1 Å². The summed E-state index contributed by atoms with van der Waals surface area (Å²) in [4.78, 5) is 20.9. The minimum atomic E-state index is -0.558. The Kier molecular flexibility index (Phi) is 4.19. The monoisotopic (exact) mass is 367 g/mol. The summed E-state index contributed by atoms with van der Waals surface area (Å²) in [7, 11) is 0. The van der Waals surface area contributed by atoms with Crippen LogP contribution in [0.25, 0.3) is 11.1 Å². The average Bonchev–Trinajstić information content (AvgIpc) is 3.05. The Labute approximate surface area is 156 Å². The molecule has 1 aliphatic heterocycles. The Morgan fingerprint density at radius 3 is 2.93 bits per heavy atom. The Morgan fingerprint density at radius 2 is 2.11 bits per heavy atom. The standard InChI is InChI=1S/C19H21N5O3/c1-4-20-17-16-13(7-8-26-16)23-18(24-17)21-11-5-6-12-14(9-11)22-15(25)10-27-19(12,2)3/h5-9H,4,10H2,1-3H3,(H,22,25)(H2,20,21,23,24). The lowest BCUT2D eigenvalue weighted by molar-refractivity contribution is -0.125. The first-order valence-corrected chi connectivity index (χ1v) is 8.81. The van der Waals surface area contributed by atoms with E-state index in [-0.39, 0.29) is 12.5 Å². The number of benzene rings is 1. The van der Waals surface area contributed by atoms with Gasteiger partial charge >= 0.3 is 0 Å². The molecule has 4 rings (SSSR count). The van der Waals surface area contributed by atoms with E-state index in [1.165, 1.54) is 0 Å². The van der Waals surface area contributed by atoms with Crippen LogP contribution in [-0.2, 0) is 15.1 Å². The highest BCUT2D eigenvalue weighted by molar-refractivity contribution is 5.94. The van der Waals surface area contributed by atoms with Crippen molar-refractivity contribution in [2.45, 2.75) is 26.4 Å². The largest absolute Gasteiger partial charge is 0.459 e. The van der Waals surface area contributed by atoms with Crippen molar-refractivity contribution in [1.82, 2.24) is 9.97 Å². The summed E-state index contributed by atoms with van der Waals surface area (Å²) in [6, 6.07) is 7.50. The van der Waals surface area contributed by atoms with Gasteiger partial charge < -0.3 is 25.1 Å². The van der Waals surface area contributed by atoms with Crippen LogP contribution in [0.5, 0.6) is 0 Å². The van der Waals surface area contributed by atoms with Gasteiger partial charge in [0.05, 0.1) is 11.9 Å². The van der Waals surface area contributed by atoms with Gasteiger partial charge in [-0.1, -0.05) is 6.07 Å². The number of hydrogen-bond donors (Lipinski definition) is 3. The van der Waals surface area contributed by atoms with Crippen LogP contribution in [-0.4, -0.2) is 29.0 Å². The highest BCUT2D eigenvalue weighted by atomic mass is 16.5. The van der Waals surface area contributed by atoms with Gasteiger partial charge in [0.1, 0.15) is 12.1 Å². The molecule has 3 N–H and O–H groups in total. The van der Waals surface area contributed by atoms with E-state index in [2.05, 4.69) is 25.9 Å². The van der Waals surface area contributed by atoms with E-state index in [1.807, 2.05) is 39.0 Å². The fourth-order valence-electron chi connectivity index (χ4n) is 3.10. The maximum atomic E-state index is 11.9. The molecule has 1 aromatic carbocycles. The molecule has 0 saturated carbocycles. The number of ether oxygens (including phenoxy) is 1. The lowest BCUT2D eigenvalue weighted by Crippen LogP contribution is -2.22. The highest BCUT2D eigenvalue weighted by Gasteiger charge is 2.29. The first kappa shape index (κ1) is 17.3. The number of carbonyl (C=O) groups excluding carboxylic acids is 1. The number of furan rings is 1. The van der Waals surface area contributed by atoms with E-state index in [0.29, 0.717) is 35.1 Å². The Balaban J connectivity index is 1.69. The second-order valence-corrected chi connectivity index (χ2v) is 6.79. The molecule has 1 aliphatic rings. The number of fused-ring (bicyclic) bond motifs is 2. The van der Waals surface area contributed by atoms with Crippen LogP contribution < -0.4 is 16.0 Å². The highest BCUT2D eigenvalue weighted by Crippen LogP contribution is 2.35. The molecule has 8 nitrogen and oxygen atoms in total. The Hall–Kier alpha value is -3.13. The summed E-state index contributed by atoms with van der Waals surface area (Å²) in [5.41, 5.74) is 3.16. The summed E-state index contributed by atoms with van der Waals surface area (Å²) in [5.74, 6) is 0.896. The van der Waals surface area contributed by atoms with Gasteiger partial charge in [-0.3, -0.25) is 4.79 Å². The molecule has 0 bridgehead atoms. The number of carbonyl (C=O) groups is 1. The van der Waals surface area contributed by atoms with Gasteiger partial charge in [-0.2, -0.15) is 4.98 Å². The molecule has 0 unspecified atom stereocenters. The van der Waals surface area contributed by atoms with Crippen LogP contribution >= 0.6 is 0 Å². The van der Waals surface area contributed by atoms with E-state index in [0.717, 1.165) is 11.3 Å². The molecule has 0 spiro atoms. The van der Waals surface area contributed by atoms with Crippen LogP contribution in [0.15, 0.2) is 34.9 Å². The summed E-state index contributed by atoms with van der Waals surface area (Å²) >= 11 is 0. The summed E-state index contributed by atoms with van der Waals surface area (Å²) in [6.07, 6.45) is 1.59. The van der Waals surface area contributed by atoms with Crippen molar-refractivity contribution in [3.63, 3.8) is 0 Å². The van der Waals surface area contributed by atoms with Crippen molar-refractivity contribution < 1.29 is 13.9 Å². The van der Waals surface area contributed by atoms with E-state index in [4.69, 9.17) is 9.15 Å². The van der Waals surface area contributed by atoms with Gasteiger partial charge in [-0.15, -0.1) is 0 Å². The Bertz CT molecular complexity index is 1010. The van der Waals surface area contributed by atoms with Crippen molar-refractivity contribution >= 4 is 40.1 Å². The predicted octanol–water partition coefficient (Wildman–Crippen LogP) is 3.60. The zero-order chi connectivity index (χ0) is 19.0. The number of nitrogens with zero attached hydrogens (tertiary/aromatic N) is 2. The normalized spacial score (nSPS) is 15.7. The van der Waals surface area contributed by atoms with Crippen molar-refractivity contribution in [2.24, 2.45) is 0 Å². The van der Waals surface area contributed by atoms with E-state index in [9.17, 15) is 4.79 Å². The minimum Gasteiger partial charge on any atom is -0.459 e. The zero-order valence-corrected chi connectivity index (χ0v) is 15.4. The second kappa shape index (κ2) is 6.55. The molecule has 0 radical (unpaired) electrons. The third-order valence-electron chi connectivity index (χ3n) is 4.41. The van der Waals surface area contributed by atoms with Gasteiger partial charge in [-0.05, 0) is 32.9 Å². The lowest BCUT2D eigenvalue weighted by Gasteiger charge is -2.24. The molecule has 8 heteroatoms. The molecule has 3 heterocycles. The van der Waals surface area contributed by atoms with Gasteiger partial charge in [0, 0.05) is 29.5 Å². The fourth-order valence-corrected chi connectivity index (χ4v) is 3.10. The van der Waals surface area contributed by atoms with Crippen molar-refractivity contribution in [3.8, 4) is 0 Å². The molecule has 140 valence electrons. The number of nitrogens with one attached hydrogen (secondary N) is 3. The molecule has 3 aromatic rings. The topological polar surface area (TPSA) is 101 Å². The van der Waals surface area contributed by atoms with Gasteiger partial charge in [0.2, 0.25) is 11.9 Å². The van der Waals surface area contributed by atoms with E-state index < -0.39 is 5.60 Å². The van der Waals surface area contributed by atoms with E-state index >= 15 is 0 Å². The first-order valence-electron chi connectivity index (χ1n) is 8.81. The van der Waals surface area contributed by atoms with Crippen LogP contribution in [0.2, 0.25) is 0 Å². The van der Waals surface area contributed by atoms with Crippen molar-refractivity contribution in [2.75, 3.05) is 29.1 Å². The molecule has 0 fully saturated rings. The molecular formula is C19H21N5O3.